The Kier molecular flexibility index (Phi) is 5.43. The minimum atomic E-state index is -0.0268. The summed E-state index contributed by atoms with van der Waals surface area (Å²) in [6.07, 6.45) is 11.5. The Labute approximate surface area is 166 Å². The van der Waals surface area contributed by atoms with E-state index in [9.17, 15) is 10.1 Å². The van der Waals surface area contributed by atoms with Crippen molar-refractivity contribution in [2.75, 3.05) is 0 Å². The summed E-state index contributed by atoms with van der Waals surface area (Å²) in [5.41, 5.74) is 6.67. The van der Waals surface area contributed by atoms with E-state index in [0.717, 1.165) is 29.9 Å². The van der Waals surface area contributed by atoms with E-state index in [1.54, 1.807) is 12.1 Å². The Morgan fingerprint density at radius 2 is 1.68 bits per heavy atom. The molecule has 2 aromatic carbocycles. The van der Waals surface area contributed by atoms with Gasteiger partial charge in [-0.05, 0) is 80.1 Å². The molecule has 0 atom stereocenters. The van der Waals surface area contributed by atoms with Gasteiger partial charge in [-0.1, -0.05) is 54.1 Å². The molecule has 0 heterocycles. The molecule has 0 unspecified atom stereocenters. The third-order valence-corrected chi connectivity index (χ3v) is 6.42. The van der Waals surface area contributed by atoms with Gasteiger partial charge in [0.05, 0.1) is 10.5 Å². The van der Waals surface area contributed by atoms with Gasteiger partial charge in [0.15, 0.2) is 0 Å². The normalized spacial score (nSPS) is 21.9. The molecule has 28 heavy (non-hydrogen) atoms. The quantitative estimate of drug-likeness (QED) is 0.580. The lowest BCUT2D eigenvalue weighted by molar-refractivity contribution is -0.729. The summed E-state index contributed by atoms with van der Waals surface area (Å²) in [6.45, 7) is 2.23. The number of benzene rings is 2. The van der Waals surface area contributed by atoms with Gasteiger partial charge in [0.1, 0.15) is 0 Å². The van der Waals surface area contributed by atoms with Gasteiger partial charge < -0.3 is 0 Å². The summed E-state index contributed by atoms with van der Waals surface area (Å²) in [7, 11) is 0. The van der Waals surface area contributed by atoms with Crippen LogP contribution in [0.5, 0.6) is 0 Å². The van der Waals surface area contributed by atoms with Gasteiger partial charge in [0, 0.05) is 6.07 Å². The average Bonchev–Trinajstić information content (AvgIpc) is 3.17. The molecule has 3 nitrogen and oxygen atoms in total. The number of nitrogens with zero attached hydrogens (tertiary/aromatic N) is 1. The zero-order valence-electron chi connectivity index (χ0n) is 16.5. The van der Waals surface area contributed by atoms with Crippen LogP contribution in [0.1, 0.15) is 61.1 Å². The van der Waals surface area contributed by atoms with Crippen LogP contribution in [0.2, 0.25) is 0 Å². The Hall–Kier alpha value is -2.68. The van der Waals surface area contributed by atoms with Gasteiger partial charge >= 0.3 is 5.69 Å². The molecule has 1 fully saturated rings. The summed E-state index contributed by atoms with van der Waals surface area (Å²) in [5, 5.41) is 9.36. The molecule has 144 valence electrons. The number of aryl methyl sites for hydroxylation is 1. The number of hydrogen-bond acceptors (Lipinski definition) is 1. The molecular weight excluding hydrogens is 346 g/mol. The van der Waals surface area contributed by atoms with Crippen molar-refractivity contribution < 1.29 is 10.1 Å². The fourth-order valence-electron chi connectivity index (χ4n) is 4.91. The van der Waals surface area contributed by atoms with Crippen molar-refractivity contribution in [1.82, 2.24) is 0 Å². The van der Waals surface area contributed by atoms with Gasteiger partial charge in [-0.15, -0.1) is 0 Å². The smallest absolute Gasteiger partial charge is 0.241 e. The van der Waals surface area contributed by atoms with Crippen molar-refractivity contribution in [1.29, 1.82) is 0 Å². The first-order chi connectivity index (χ1) is 13.6. The van der Waals surface area contributed by atoms with Crippen LogP contribution >= 0.6 is 0 Å². The lowest BCUT2D eigenvalue weighted by Gasteiger charge is -2.30. The van der Waals surface area contributed by atoms with Crippen LogP contribution in [0.4, 0.5) is 5.69 Å². The molecule has 2 aliphatic carbocycles. The van der Waals surface area contributed by atoms with Crippen LogP contribution in [-0.2, 0) is 0 Å². The van der Waals surface area contributed by atoms with Gasteiger partial charge in [0.2, 0.25) is 0 Å². The fourth-order valence-corrected chi connectivity index (χ4v) is 4.91. The number of rotatable bonds is 5. The highest BCUT2D eigenvalue weighted by atomic mass is 16.6. The lowest BCUT2D eigenvalue weighted by Crippen LogP contribution is -2.14. The number of para-hydroxylation sites is 1. The van der Waals surface area contributed by atoms with E-state index < -0.39 is 0 Å². The zero-order chi connectivity index (χ0) is 19.5. The topological polar surface area (TPSA) is 40.3 Å². The summed E-state index contributed by atoms with van der Waals surface area (Å²) in [5.74, 6) is 1.46. The van der Waals surface area contributed by atoms with Crippen LogP contribution < -0.4 is 0 Å². The average molecular weight is 375 g/mol. The lowest BCUT2D eigenvalue weighted by atomic mass is 9.75. The molecule has 0 amide bonds. The highest BCUT2D eigenvalue weighted by molar-refractivity contribution is 5.77. The first kappa shape index (κ1) is 18.7. The van der Waals surface area contributed by atoms with E-state index in [-0.39, 0.29) is 4.92 Å². The van der Waals surface area contributed by atoms with Crippen LogP contribution in [0.25, 0.3) is 5.57 Å². The first-order valence-corrected chi connectivity index (χ1v) is 10.3. The highest BCUT2D eigenvalue weighted by Crippen LogP contribution is 2.42. The maximum Gasteiger partial charge on any atom is 0.324 e. The molecule has 1 saturated carbocycles. The van der Waals surface area contributed by atoms with Crippen molar-refractivity contribution in [2.45, 2.75) is 51.4 Å². The fraction of sp³-hybridized carbons (Fsp3) is 0.360. The van der Waals surface area contributed by atoms with Crippen molar-refractivity contribution >= 4 is 11.3 Å². The molecule has 2 aromatic rings. The van der Waals surface area contributed by atoms with E-state index >= 15 is 0 Å². The van der Waals surface area contributed by atoms with E-state index in [2.05, 4.69) is 43.3 Å². The Morgan fingerprint density at radius 1 is 0.964 bits per heavy atom. The Balaban J connectivity index is 1.33. The maximum atomic E-state index is 11.4. The molecule has 4 rings (SSSR count). The molecule has 0 aromatic heterocycles. The molecule has 0 radical (unpaired) electrons. The Bertz CT molecular complexity index is 933. The van der Waals surface area contributed by atoms with Crippen LogP contribution in [0.3, 0.4) is 0 Å². The second kappa shape index (κ2) is 8.14. The molecule has 2 aliphatic rings. The van der Waals surface area contributed by atoms with Crippen LogP contribution in [-0.4, -0.2) is 10.1 Å². The molecule has 0 bridgehead atoms. The predicted octanol–water partition coefficient (Wildman–Crippen LogP) is 6.87. The van der Waals surface area contributed by atoms with Crippen molar-refractivity contribution in [3.8, 4) is 0 Å². The molecule has 3 heteroatoms. The third-order valence-electron chi connectivity index (χ3n) is 6.42. The summed E-state index contributed by atoms with van der Waals surface area (Å²) in [4.78, 5) is 11.4. The van der Waals surface area contributed by atoms with Gasteiger partial charge in [0.25, 0.3) is 4.92 Å². The maximum absolute atomic E-state index is 11.4. The summed E-state index contributed by atoms with van der Waals surface area (Å²) < 4.78 is 0. The second-order valence-electron chi connectivity index (χ2n) is 8.26. The standard InChI is InChI=1S/C25H28NO2/c1-18-6-2-3-7-23(18)21-13-10-19(11-14-21)16-20-12-15-22(17-20)24-8-4-5-9-25(24)26(27)28/h2-9,12,15,19,21H,10-11,13-14,16-17H2,1H3,(H,27,28)/q+1. The third kappa shape index (κ3) is 3.94. The molecule has 0 saturated heterocycles. The minimum Gasteiger partial charge on any atom is -0.241 e. The summed E-state index contributed by atoms with van der Waals surface area (Å²) in [6, 6.07) is 16.1. The SMILES string of the molecule is Cc1ccccc1C1CCC(CC2=CC=C(c3ccccc3[N+](=O)O)C2)CC1. The van der Waals surface area contributed by atoms with Gasteiger partial charge in [-0.3, -0.25) is 0 Å². The van der Waals surface area contributed by atoms with E-state index in [1.807, 2.05) is 12.1 Å². The largest absolute Gasteiger partial charge is 0.324 e. The van der Waals surface area contributed by atoms with E-state index in [0.29, 0.717) is 11.6 Å². The molecule has 0 aliphatic heterocycles. The Morgan fingerprint density at radius 3 is 2.43 bits per heavy atom. The monoisotopic (exact) mass is 374 g/mol. The van der Waals surface area contributed by atoms with Crippen molar-refractivity contribution in [2.24, 2.45) is 5.92 Å². The van der Waals surface area contributed by atoms with Crippen LogP contribution in [0.15, 0.2) is 66.3 Å². The van der Waals surface area contributed by atoms with E-state index in [1.165, 1.54) is 42.4 Å². The number of allylic oxidation sites excluding steroid dienone is 4. The molecule has 0 spiro atoms. The van der Waals surface area contributed by atoms with Crippen molar-refractivity contribution in [3.63, 3.8) is 0 Å². The van der Waals surface area contributed by atoms with E-state index in [4.69, 9.17) is 0 Å². The van der Waals surface area contributed by atoms with Crippen LogP contribution in [0, 0.1) is 17.7 Å². The van der Waals surface area contributed by atoms with Gasteiger partial charge in [-0.25, -0.2) is 5.21 Å². The second-order valence-corrected chi connectivity index (χ2v) is 8.26. The zero-order valence-corrected chi connectivity index (χ0v) is 16.5. The summed E-state index contributed by atoms with van der Waals surface area (Å²) >= 11 is 0. The minimum absolute atomic E-state index is 0.0268. The first-order valence-electron chi connectivity index (χ1n) is 10.3. The van der Waals surface area contributed by atoms with Crippen molar-refractivity contribution in [3.05, 3.63) is 87.9 Å². The molecular formula is C25H28NO2+. The predicted molar refractivity (Wildman–Crippen MR) is 113 cm³/mol. The molecule has 1 N–H and O–H groups in total. The highest BCUT2D eigenvalue weighted by Gasteiger charge is 2.26. The van der Waals surface area contributed by atoms with Gasteiger partial charge in [-0.2, -0.15) is 0 Å². The number of hydrogen-bond donors (Lipinski definition) is 1.